The number of nitrogens with one attached hydrogen (secondary N) is 2. The van der Waals surface area contributed by atoms with E-state index < -0.39 is 23.8 Å². The number of allylic oxidation sites excluding steroid dienone is 2. The Morgan fingerprint density at radius 3 is 2.67 bits per heavy atom. The molecule has 36 heavy (non-hydrogen) atoms. The van der Waals surface area contributed by atoms with Crippen LogP contribution in [-0.2, 0) is 14.3 Å². The van der Waals surface area contributed by atoms with Gasteiger partial charge in [-0.15, -0.1) is 0 Å². The lowest BCUT2D eigenvalue weighted by molar-refractivity contribution is -0.141. The molecule has 2 atom stereocenters. The number of benzene rings is 1. The first-order chi connectivity index (χ1) is 17.2. The summed E-state index contributed by atoms with van der Waals surface area (Å²) >= 11 is 0. The van der Waals surface area contributed by atoms with Crippen molar-refractivity contribution in [3.63, 3.8) is 0 Å². The fourth-order valence-corrected chi connectivity index (χ4v) is 4.18. The maximum Gasteiger partial charge on any atom is 0.325 e. The molecular weight excluding hydrogens is 464 g/mol. The Balaban J connectivity index is 1.95. The molecule has 1 aromatic carbocycles. The SMILES string of the molecule is COC(=O)CNC(=O)[C@H](CC(C)C)NC(=O)c1cc(-c2c(O)cccc2OC)n(C2C=CCCC2)n1. The molecule has 3 N–H and O–H groups in total. The summed E-state index contributed by atoms with van der Waals surface area (Å²) in [5, 5.41) is 20.5. The van der Waals surface area contributed by atoms with Crippen LogP contribution in [0.15, 0.2) is 36.4 Å². The molecular formula is C26H34N4O6. The van der Waals surface area contributed by atoms with Crippen LogP contribution in [0.25, 0.3) is 11.3 Å². The number of phenols is 1. The van der Waals surface area contributed by atoms with Crippen LogP contribution in [0.3, 0.4) is 0 Å². The second-order valence-corrected chi connectivity index (χ2v) is 9.09. The lowest BCUT2D eigenvalue weighted by atomic mass is 10.0. The topological polar surface area (TPSA) is 132 Å². The number of carbonyl (C=O) groups excluding carboxylic acids is 3. The van der Waals surface area contributed by atoms with Crippen molar-refractivity contribution in [2.75, 3.05) is 20.8 Å². The molecule has 0 bridgehead atoms. The van der Waals surface area contributed by atoms with Gasteiger partial charge in [0.1, 0.15) is 24.1 Å². The summed E-state index contributed by atoms with van der Waals surface area (Å²) in [6, 6.07) is 5.58. The molecule has 0 fully saturated rings. The van der Waals surface area contributed by atoms with Crippen molar-refractivity contribution < 1.29 is 29.0 Å². The van der Waals surface area contributed by atoms with E-state index >= 15 is 0 Å². The number of methoxy groups -OCH3 is 2. The van der Waals surface area contributed by atoms with Crippen LogP contribution < -0.4 is 15.4 Å². The van der Waals surface area contributed by atoms with Gasteiger partial charge in [0.15, 0.2) is 5.69 Å². The monoisotopic (exact) mass is 498 g/mol. The van der Waals surface area contributed by atoms with Crippen LogP contribution in [0.1, 0.15) is 56.1 Å². The summed E-state index contributed by atoms with van der Waals surface area (Å²) in [5.41, 5.74) is 1.06. The van der Waals surface area contributed by atoms with Crippen molar-refractivity contribution in [2.45, 2.75) is 51.6 Å². The Labute approximate surface area is 210 Å². The maximum atomic E-state index is 13.3. The Morgan fingerprint density at radius 2 is 2.03 bits per heavy atom. The lowest BCUT2D eigenvalue weighted by Gasteiger charge is -2.21. The zero-order chi connectivity index (χ0) is 26.2. The van der Waals surface area contributed by atoms with E-state index in [1.165, 1.54) is 14.2 Å². The van der Waals surface area contributed by atoms with Gasteiger partial charge in [-0.3, -0.25) is 19.1 Å². The standard InChI is InChI=1S/C26H34N4O6/c1-16(2)13-18(25(33)27-15-23(32)36-4)28-26(34)19-14-20(24-21(31)11-8-12-22(24)35-3)30(29-19)17-9-6-5-7-10-17/h6,8-9,11-12,14,16-18,31H,5,7,10,13,15H2,1-4H3,(H,27,33)(H,28,34)/t17?,18-/m0/s1. The molecule has 1 heterocycles. The van der Waals surface area contributed by atoms with Crippen LogP contribution in [-0.4, -0.2) is 59.5 Å². The van der Waals surface area contributed by atoms with Crippen LogP contribution in [0.2, 0.25) is 0 Å². The number of aromatic hydroxyl groups is 1. The van der Waals surface area contributed by atoms with E-state index in [-0.39, 0.29) is 29.9 Å². The number of hydrogen-bond donors (Lipinski definition) is 3. The number of hydrogen-bond acceptors (Lipinski definition) is 7. The maximum absolute atomic E-state index is 13.3. The first kappa shape index (κ1) is 26.8. The average Bonchev–Trinajstić information content (AvgIpc) is 3.31. The average molecular weight is 499 g/mol. The molecule has 3 rings (SSSR count). The van der Waals surface area contributed by atoms with Crippen LogP contribution >= 0.6 is 0 Å². The van der Waals surface area contributed by atoms with Gasteiger partial charge in [-0.1, -0.05) is 32.1 Å². The molecule has 1 aliphatic carbocycles. The van der Waals surface area contributed by atoms with Crippen molar-refractivity contribution in [2.24, 2.45) is 5.92 Å². The molecule has 194 valence electrons. The minimum atomic E-state index is -0.870. The quantitative estimate of drug-likeness (QED) is 0.339. The number of amides is 2. The number of carbonyl (C=O) groups is 3. The summed E-state index contributed by atoms with van der Waals surface area (Å²) in [6.45, 7) is 3.57. The fourth-order valence-electron chi connectivity index (χ4n) is 4.18. The number of ether oxygens (including phenoxy) is 2. The van der Waals surface area contributed by atoms with Gasteiger partial charge < -0.3 is 25.2 Å². The highest BCUT2D eigenvalue weighted by atomic mass is 16.5. The Kier molecular flexibility index (Phi) is 9.10. The molecule has 10 heteroatoms. The highest BCUT2D eigenvalue weighted by molar-refractivity contribution is 5.97. The van der Waals surface area contributed by atoms with Crippen LogP contribution in [0, 0.1) is 5.92 Å². The van der Waals surface area contributed by atoms with Crippen LogP contribution in [0.4, 0.5) is 0 Å². The summed E-state index contributed by atoms with van der Waals surface area (Å²) in [6.07, 6.45) is 7.25. The van der Waals surface area contributed by atoms with E-state index in [2.05, 4.69) is 26.5 Å². The fraction of sp³-hybridized carbons (Fsp3) is 0.462. The first-order valence-corrected chi connectivity index (χ1v) is 12.0. The molecule has 0 saturated carbocycles. The van der Waals surface area contributed by atoms with Crippen molar-refractivity contribution in [1.82, 2.24) is 20.4 Å². The van der Waals surface area contributed by atoms with Gasteiger partial charge in [0, 0.05) is 0 Å². The van der Waals surface area contributed by atoms with E-state index in [9.17, 15) is 19.5 Å². The predicted octanol–water partition coefficient (Wildman–Crippen LogP) is 2.98. The van der Waals surface area contributed by atoms with E-state index in [0.29, 0.717) is 23.4 Å². The Hall–Kier alpha value is -3.82. The third kappa shape index (κ3) is 6.44. The minimum Gasteiger partial charge on any atom is -0.507 e. The summed E-state index contributed by atoms with van der Waals surface area (Å²) in [4.78, 5) is 37.4. The van der Waals surface area contributed by atoms with Crippen molar-refractivity contribution in [3.8, 4) is 22.8 Å². The predicted molar refractivity (Wildman–Crippen MR) is 134 cm³/mol. The highest BCUT2D eigenvalue weighted by Crippen LogP contribution is 2.40. The van der Waals surface area contributed by atoms with E-state index in [1.54, 1.807) is 28.9 Å². The molecule has 0 saturated heterocycles. The summed E-state index contributed by atoms with van der Waals surface area (Å²) in [5.74, 6) is -1.06. The number of esters is 1. The van der Waals surface area contributed by atoms with Gasteiger partial charge in [-0.05, 0) is 49.8 Å². The number of aromatic nitrogens is 2. The van der Waals surface area contributed by atoms with Crippen molar-refractivity contribution in [3.05, 3.63) is 42.1 Å². The molecule has 1 aromatic heterocycles. The zero-order valence-corrected chi connectivity index (χ0v) is 21.1. The minimum absolute atomic E-state index is 0.00196. The molecule has 1 aliphatic rings. The smallest absolute Gasteiger partial charge is 0.325 e. The molecule has 0 aliphatic heterocycles. The summed E-state index contributed by atoms with van der Waals surface area (Å²) < 4.78 is 11.8. The van der Waals surface area contributed by atoms with E-state index in [1.807, 2.05) is 19.9 Å². The summed E-state index contributed by atoms with van der Waals surface area (Å²) in [7, 11) is 2.74. The number of rotatable bonds is 10. The zero-order valence-electron chi connectivity index (χ0n) is 21.1. The molecule has 0 radical (unpaired) electrons. The molecule has 2 amide bonds. The molecule has 1 unspecified atom stereocenters. The first-order valence-electron chi connectivity index (χ1n) is 12.0. The largest absolute Gasteiger partial charge is 0.507 e. The van der Waals surface area contributed by atoms with Crippen molar-refractivity contribution in [1.29, 1.82) is 0 Å². The normalized spacial score (nSPS) is 15.9. The molecule has 0 spiro atoms. The van der Waals surface area contributed by atoms with Gasteiger partial charge in [0.25, 0.3) is 5.91 Å². The van der Waals surface area contributed by atoms with Gasteiger partial charge in [0.2, 0.25) is 5.91 Å². The highest BCUT2D eigenvalue weighted by Gasteiger charge is 2.28. The van der Waals surface area contributed by atoms with Crippen LogP contribution in [0.5, 0.6) is 11.5 Å². The molecule has 10 nitrogen and oxygen atoms in total. The molecule has 2 aromatic rings. The third-order valence-electron chi connectivity index (χ3n) is 5.96. The van der Waals surface area contributed by atoms with Gasteiger partial charge >= 0.3 is 5.97 Å². The van der Waals surface area contributed by atoms with Gasteiger partial charge in [-0.25, -0.2) is 0 Å². The third-order valence-corrected chi connectivity index (χ3v) is 5.96. The number of phenolic OH excluding ortho intramolecular Hbond substituents is 1. The second-order valence-electron chi connectivity index (χ2n) is 9.09. The van der Waals surface area contributed by atoms with Gasteiger partial charge in [-0.2, -0.15) is 5.10 Å². The van der Waals surface area contributed by atoms with E-state index in [0.717, 1.165) is 19.3 Å². The lowest BCUT2D eigenvalue weighted by Crippen LogP contribution is -2.48. The number of nitrogens with zero attached hydrogens (tertiary/aromatic N) is 2. The second kappa shape index (κ2) is 12.2. The van der Waals surface area contributed by atoms with E-state index in [4.69, 9.17) is 4.74 Å². The van der Waals surface area contributed by atoms with Gasteiger partial charge in [0.05, 0.1) is 31.5 Å². The van der Waals surface area contributed by atoms with Crippen molar-refractivity contribution >= 4 is 17.8 Å². The Morgan fingerprint density at radius 1 is 1.25 bits per heavy atom. The Bertz CT molecular complexity index is 1120.